The van der Waals surface area contributed by atoms with Crippen molar-refractivity contribution in [3.8, 4) is 5.75 Å². The fourth-order valence-electron chi connectivity index (χ4n) is 2.27. The van der Waals surface area contributed by atoms with Crippen LogP contribution in [0.1, 0.15) is 23.6 Å². The van der Waals surface area contributed by atoms with Gasteiger partial charge >= 0.3 is 0 Å². The van der Waals surface area contributed by atoms with E-state index < -0.39 is 0 Å². The van der Waals surface area contributed by atoms with E-state index >= 15 is 0 Å². The maximum Gasteiger partial charge on any atom is 0.133 e. The molecule has 0 spiro atoms. The van der Waals surface area contributed by atoms with Crippen molar-refractivity contribution < 1.29 is 4.74 Å². The minimum atomic E-state index is 0.531. The number of thiophene rings is 1. The van der Waals surface area contributed by atoms with Gasteiger partial charge in [0.15, 0.2) is 0 Å². The molecule has 0 saturated heterocycles. The van der Waals surface area contributed by atoms with Gasteiger partial charge in [-0.25, -0.2) is 0 Å². The van der Waals surface area contributed by atoms with Gasteiger partial charge in [0.05, 0.1) is 19.5 Å². The zero-order chi connectivity index (χ0) is 10.1. The Balaban J connectivity index is 1.72. The summed E-state index contributed by atoms with van der Waals surface area (Å²) in [6, 6.07) is 2.62. The lowest BCUT2D eigenvalue weighted by Crippen LogP contribution is -2.28. The summed E-state index contributed by atoms with van der Waals surface area (Å²) < 4.78 is 5.62. The molecule has 0 fully saturated rings. The number of fused-ring (bicyclic) bond motifs is 1. The van der Waals surface area contributed by atoms with Crippen LogP contribution in [0.25, 0.3) is 0 Å². The highest BCUT2D eigenvalue weighted by Gasteiger charge is 2.26. The Labute approximate surface area is 93.2 Å². The molecule has 0 aliphatic carbocycles. The van der Waals surface area contributed by atoms with Gasteiger partial charge in [-0.05, 0) is 24.3 Å². The van der Waals surface area contributed by atoms with E-state index in [9.17, 15) is 0 Å². The Kier molecular flexibility index (Phi) is 2.37. The number of nitrogens with zero attached hydrogens (tertiary/aromatic N) is 1. The summed E-state index contributed by atoms with van der Waals surface area (Å²) >= 11 is 1.82. The topological polar surface area (TPSA) is 33.6 Å². The molecule has 2 aliphatic heterocycles. The van der Waals surface area contributed by atoms with Gasteiger partial charge in [0.2, 0.25) is 0 Å². The van der Waals surface area contributed by atoms with E-state index in [4.69, 9.17) is 4.74 Å². The third-order valence-electron chi connectivity index (χ3n) is 3.05. The Hall–Kier alpha value is -1.03. The molecule has 0 radical (unpaired) electrons. The first-order valence-electron chi connectivity index (χ1n) is 5.38. The second kappa shape index (κ2) is 3.85. The van der Waals surface area contributed by atoms with Gasteiger partial charge < -0.3 is 10.1 Å². The average molecular weight is 222 g/mol. The lowest BCUT2D eigenvalue weighted by Gasteiger charge is -2.25. The lowest BCUT2D eigenvalue weighted by molar-refractivity contribution is 0.262. The van der Waals surface area contributed by atoms with E-state index in [-0.39, 0.29) is 0 Å². The highest BCUT2D eigenvalue weighted by atomic mass is 32.1. The molecule has 0 bridgehead atoms. The molecule has 1 aromatic heterocycles. The van der Waals surface area contributed by atoms with Crippen LogP contribution in [0.15, 0.2) is 16.4 Å². The summed E-state index contributed by atoms with van der Waals surface area (Å²) in [4.78, 5) is 5.64. The Morgan fingerprint density at radius 2 is 2.60 bits per heavy atom. The number of hydrogen-bond donors (Lipinski definition) is 1. The molecule has 0 saturated carbocycles. The predicted molar refractivity (Wildman–Crippen MR) is 62.1 cm³/mol. The number of ether oxygens (including phenoxy) is 1. The predicted octanol–water partition coefficient (Wildman–Crippen LogP) is 2.00. The van der Waals surface area contributed by atoms with E-state index in [0.29, 0.717) is 12.0 Å². The van der Waals surface area contributed by atoms with Crippen molar-refractivity contribution in [2.45, 2.75) is 24.8 Å². The fourth-order valence-corrected chi connectivity index (χ4v) is 3.26. The first-order valence-corrected chi connectivity index (χ1v) is 6.26. The molecule has 1 N–H and O–H groups in total. The summed E-state index contributed by atoms with van der Waals surface area (Å²) in [6.45, 7) is 1.79. The second-order valence-corrected chi connectivity index (χ2v) is 5.02. The third kappa shape index (κ3) is 1.74. The van der Waals surface area contributed by atoms with Crippen molar-refractivity contribution in [1.29, 1.82) is 0 Å². The quantitative estimate of drug-likeness (QED) is 0.830. The first-order chi connectivity index (χ1) is 7.43. The highest BCUT2D eigenvalue weighted by Crippen LogP contribution is 2.40. The normalized spacial score (nSPS) is 28.3. The van der Waals surface area contributed by atoms with Crippen molar-refractivity contribution in [1.82, 2.24) is 5.32 Å². The molecule has 3 heterocycles. The number of hydrogen-bond acceptors (Lipinski definition) is 4. The molecular weight excluding hydrogens is 208 g/mol. The molecule has 15 heavy (non-hydrogen) atoms. The maximum absolute atomic E-state index is 5.62. The SMILES string of the molecule is C1=NCC(CC2CCOc3ccsc32)N1. The van der Waals surface area contributed by atoms with Crippen LogP contribution in [-0.4, -0.2) is 25.5 Å². The first kappa shape index (κ1) is 9.21. The molecule has 2 aliphatic rings. The molecule has 1 aromatic rings. The number of aliphatic imine (C=N–C) groups is 1. The molecule has 0 aromatic carbocycles. The van der Waals surface area contributed by atoms with Crippen molar-refractivity contribution in [3.05, 3.63) is 16.3 Å². The summed E-state index contributed by atoms with van der Waals surface area (Å²) in [5.41, 5.74) is 0. The standard InChI is InChI=1S/C11H14N2OS/c1-3-14-10-2-4-15-11(10)8(1)5-9-6-12-7-13-9/h2,4,7-9H,1,3,5-6H2,(H,12,13). The van der Waals surface area contributed by atoms with Crippen LogP contribution in [0.4, 0.5) is 0 Å². The van der Waals surface area contributed by atoms with E-state index in [1.54, 1.807) is 0 Å². The van der Waals surface area contributed by atoms with Gasteiger partial charge in [0.25, 0.3) is 0 Å². The van der Waals surface area contributed by atoms with Gasteiger partial charge in [-0.3, -0.25) is 4.99 Å². The van der Waals surface area contributed by atoms with Gasteiger partial charge in [0, 0.05) is 16.8 Å². The molecule has 0 amide bonds. The minimum Gasteiger partial charge on any atom is -0.492 e. The molecule has 4 heteroatoms. The largest absolute Gasteiger partial charge is 0.492 e. The van der Waals surface area contributed by atoms with Gasteiger partial charge in [-0.1, -0.05) is 0 Å². The van der Waals surface area contributed by atoms with Crippen LogP contribution in [0.3, 0.4) is 0 Å². The number of nitrogens with one attached hydrogen (secondary N) is 1. The van der Waals surface area contributed by atoms with Crippen LogP contribution < -0.4 is 10.1 Å². The van der Waals surface area contributed by atoms with Crippen molar-refractivity contribution in [2.24, 2.45) is 4.99 Å². The molecule has 3 nitrogen and oxygen atoms in total. The van der Waals surface area contributed by atoms with Gasteiger partial charge in [-0.2, -0.15) is 0 Å². The Morgan fingerprint density at radius 3 is 3.47 bits per heavy atom. The summed E-state index contributed by atoms with van der Waals surface area (Å²) in [5.74, 6) is 1.77. The van der Waals surface area contributed by atoms with Crippen LogP contribution in [-0.2, 0) is 0 Å². The van der Waals surface area contributed by atoms with Crippen molar-refractivity contribution in [2.75, 3.05) is 13.2 Å². The minimum absolute atomic E-state index is 0.531. The van der Waals surface area contributed by atoms with E-state index in [1.807, 2.05) is 17.7 Å². The van der Waals surface area contributed by atoms with Crippen molar-refractivity contribution >= 4 is 17.7 Å². The monoisotopic (exact) mass is 222 g/mol. The maximum atomic E-state index is 5.62. The number of rotatable bonds is 2. The van der Waals surface area contributed by atoms with Crippen LogP contribution in [0.5, 0.6) is 5.75 Å². The van der Waals surface area contributed by atoms with Gasteiger partial charge in [0.1, 0.15) is 5.75 Å². The molecule has 3 rings (SSSR count). The summed E-state index contributed by atoms with van der Waals surface area (Å²) in [7, 11) is 0. The Morgan fingerprint density at radius 1 is 1.60 bits per heavy atom. The molecule has 2 unspecified atom stereocenters. The highest BCUT2D eigenvalue weighted by molar-refractivity contribution is 7.10. The van der Waals surface area contributed by atoms with Crippen molar-refractivity contribution in [3.63, 3.8) is 0 Å². The Bertz CT molecular complexity index is 366. The van der Waals surface area contributed by atoms with E-state index in [1.165, 1.54) is 11.3 Å². The fraction of sp³-hybridized carbons (Fsp3) is 0.545. The zero-order valence-electron chi connectivity index (χ0n) is 8.48. The summed E-state index contributed by atoms with van der Waals surface area (Å²) in [5, 5.41) is 5.43. The van der Waals surface area contributed by atoms with Crippen LogP contribution in [0, 0.1) is 0 Å². The second-order valence-electron chi connectivity index (χ2n) is 4.08. The third-order valence-corrected chi connectivity index (χ3v) is 4.11. The smallest absolute Gasteiger partial charge is 0.133 e. The average Bonchev–Trinajstić information content (AvgIpc) is 2.87. The molecule has 80 valence electrons. The van der Waals surface area contributed by atoms with E-state index in [0.717, 1.165) is 25.3 Å². The molecule has 2 atom stereocenters. The lowest BCUT2D eigenvalue weighted by atomic mass is 9.93. The van der Waals surface area contributed by atoms with E-state index in [2.05, 4.69) is 21.8 Å². The van der Waals surface area contributed by atoms with Gasteiger partial charge in [-0.15, -0.1) is 11.3 Å². The molecular formula is C11H14N2OS. The summed E-state index contributed by atoms with van der Waals surface area (Å²) in [6.07, 6.45) is 4.15. The van der Waals surface area contributed by atoms with Crippen LogP contribution >= 0.6 is 11.3 Å². The van der Waals surface area contributed by atoms with Crippen LogP contribution in [0.2, 0.25) is 0 Å². The zero-order valence-corrected chi connectivity index (χ0v) is 9.30.